The Hall–Kier alpha value is -1.81. The number of aromatic nitrogens is 1. The number of nitrogens with zero attached hydrogens (tertiary/aromatic N) is 1. The number of benzene rings is 1. The molecule has 0 aliphatic heterocycles. The Morgan fingerprint density at radius 2 is 2.10 bits per heavy atom. The van der Waals surface area contributed by atoms with E-state index in [9.17, 15) is 0 Å². The highest BCUT2D eigenvalue weighted by molar-refractivity contribution is 5.92. The summed E-state index contributed by atoms with van der Waals surface area (Å²) in [5.74, 6) is 1.82. The molecule has 2 unspecified atom stereocenters. The van der Waals surface area contributed by atoms with Crippen molar-refractivity contribution in [3.8, 4) is 5.75 Å². The Morgan fingerprint density at radius 1 is 1.20 bits per heavy atom. The van der Waals surface area contributed by atoms with E-state index in [1.54, 1.807) is 14.2 Å². The lowest BCUT2D eigenvalue weighted by Crippen LogP contribution is -2.18. The van der Waals surface area contributed by atoms with Crippen molar-refractivity contribution in [1.29, 1.82) is 0 Å². The second-order valence-electron chi connectivity index (χ2n) is 5.26. The Bertz CT molecular complexity index is 600. The summed E-state index contributed by atoms with van der Waals surface area (Å²) >= 11 is 0. The van der Waals surface area contributed by atoms with Crippen LogP contribution in [0.5, 0.6) is 5.75 Å². The minimum absolute atomic E-state index is 0.377. The van der Waals surface area contributed by atoms with Crippen molar-refractivity contribution in [1.82, 2.24) is 4.98 Å². The van der Waals surface area contributed by atoms with Gasteiger partial charge in [0.05, 0.1) is 13.2 Å². The van der Waals surface area contributed by atoms with Crippen LogP contribution in [0.25, 0.3) is 10.8 Å². The molecule has 20 heavy (non-hydrogen) atoms. The molecule has 1 fully saturated rings. The third kappa shape index (κ3) is 2.56. The molecule has 106 valence electrons. The Balaban J connectivity index is 1.84. The maximum atomic E-state index is 5.42. The molecule has 1 N–H and O–H groups in total. The maximum absolute atomic E-state index is 5.42. The van der Waals surface area contributed by atoms with E-state index in [4.69, 9.17) is 9.47 Å². The molecule has 1 aliphatic carbocycles. The van der Waals surface area contributed by atoms with E-state index in [0.29, 0.717) is 12.1 Å². The average Bonchev–Trinajstić information content (AvgIpc) is 2.94. The van der Waals surface area contributed by atoms with E-state index in [1.165, 1.54) is 0 Å². The lowest BCUT2D eigenvalue weighted by atomic mass is 10.1. The zero-order chi connectivity index (χ0) is 13.9. The first-order valence-corrected chi connectivity index (χ1v) is 7.02. The van der Waals surface area contributed by atoms with Crippen molar-refractivity contribution in [3.63, 3.8) is 0 Å². The maximum Gasteiger partial charge on any atom is 0.134 e. The summed E-state index contributed by atoms with van der Waals surface area (Å²) in [5.41, 5.74) is 0. The van der Waals surface area contributed by atoms with Crippen molar-refractivity contribution in [2.45, 2.75) is 31.4 Å². The van der Waals surface area contributed by atoms with Crippen LogP contribution in [0.3, 0.4) is 0 Å². The molecule has 1 heterocycles. The first kappa shape index (κ1) is 13.2. The Labute approximate surface area is 119 Å². The molecule has 1 aromatic carbocycles. The monoisotopic (exact) mass is 272 g/mol. The normalized spacial score (nSPS) is 22.1. The number of fused-ring (bicyclic) bond motifs is 1. The molecule has 0 bridgehead atoms. The van der Waals surface area contributed by atoms with Crippen LogP contribution in [0.4, 0.5) is 5.82 Å². The van der Waals surface area contributed by atoms with Crippen molar-refractivity contribution >= 4 is 16.6 Å². The van der Waals surface area contributed by atoms with E-state index in [0.717, 1.165) is 41.6 Å². The minimum Gasteiger partial charge on any atom is -0.497 e. The van der Waals surface area contributed by atoms with Gasteiger partial charge in [-0.1, -0.05) is 0 Å². The SMILES string of the molecule is COc1ccc2c(NC3CCC(OC)C3)nccc2c1. The van der Waals surface area contributed by atoms with Gasteiger partial charge in [0, 0.05) is 24.7 Å². The zero-order valence-electron chi connectivity index (χ0n) is 11.9. The fourth-order valence-corrected chi connectivity index (χ4v) is 2.88. The highest BCUT2D eigenvalue weighted by Crippen LogP contribution is 2.29. The highest BCUT2D eigenvalue weighted by atomic mass is 16.5. The van der Waals surface area contributed by atoms with Crippen molar-refractivity contribution < 1.29 is 9.47 Å². The minimum atomic E-state index is 0.377. The van der Waals surface area contributed by atoms with E-state index < -0.39 is 0 Å². The van der Waals surface area contributed by atoms with Gasteiger partial charge >= 0.3 is 0 Å². The van der Waals surface area contributed by atoms with Crippen LogP contribution in [0.1, 0.15) is 19.3 Å². The van der Waals surface area contributed by atoms with Gasteiger partial charge in [0.2, 0.25) is 0 Å². The van der Waals surface area contributed by atoms with Gasteiger partial charge in [-0.3, -0.25) is 0 Å². The van der Waals surface area contributed by atoms with Crippen molar-refractivity contribution in [2.24, 2.45) is 0 Å². The summed E-state index contributed by atoms with van der Waals surface area (Å²) < 4.78 is 10.7. The number of rotatable bonds is 4. The van der Waals surface area contributed by atoms with Crippen LogP contribution >= 0.6 is 0 Å². The van der Waals surface area contributed by atoms with E-state index in [-0.39, 0.29) is 0 Å². The van der Waals surface area contributed by atoms with Crippen molar-refractivity contribution in [3.05, 3.63) is 30.5 Å². The van der Waals surface area contributed by atoms with Gasteiger partial charge in [0.25, 0.3) is 0 Å². The van der Waals surface area contributed by atoms with Crippen LogP contribution in [0, 0.1) is 0 Å². The third-order valence-electron chi connectivity index (χ3n) is 4.03. The topological polar surface area (TPSA) is 43.4 Å². The number of ether oxygens (including phenoxy) is 2. The number of nitrogens with one attached hydrogen (secondary N) is 1. The predicted molar refractivity (Wildman–Crippen MR) is 80.4 cm³/mol. The summed E-state index contributed by atoms with van der Waals surface area (Å²) in [6.07, 6.45) is 5.51. The fourth-order valence-electron chi connectivity index (χ4n) is 2.88. The van der Waals surface area contributed by atoms with E-state index in [1.807, 2.05) is 24.4 Å². The molecule has 0 spiro atoms. The first-order chi connectivity index (χ1) is 9.80. The number of hydrogen-bond donors (Lipinski definition) is 1. The van der Waals surface area contributed by atoms with Crippen LogP contribution in [0.15, 0.2) is 30.5 Å². The Morgan fingerprint density at radius 3 is 2.85 bits per heavy atom. The van der Waals surface area contributed by atoms with Gasteiger partial charge in [-0.2, -0.15) is 0 Å². The van der Waals surface area contributed by atoms with Crippen LogP contribution in [-0.2, 0) is 4.74 Å². The van der Waals surface area contributed by atoms with Gasteiger partial charge < -0.3 is 14.8 Å². The molecule has 1 saturated carbocycles. The summed E-state index contributed by atoms with van der Waals surface area (Å²) in [7, 11) is 3.47. The van der Waals surface area contributed by atoms with Gasteiger partial charge in [0.15, 0.2) is 0 Å². The van der Waals surface area contributed by atoms with Crippen molar-refractivity contribution in [2.75, 3.05) is 19.5 Å². The first-order valence-electron chi connectivity index (χ1n) is 7.02. The molecule has 1 aliphatic rings. The molecule has 4 nitrogen and oxygen atoms in total. The molecule has 1 aromatic heterocycles. The lowest BCUT2D eigenvalue weighted by Gasteiger charge is -2.15. The zero-order valence-corrected chi connectivity index (χ0v) is 11.9. The van der Waals surface area contributed by atoms with Gasteiger partial charge in [-0.25, -0.2) is 4.98 Å². The highest BCUT2D eigenvalue weighted by Gasteiger charge is 2.24. The standard InChI is InChI=1S/C16H20N2O2/c1-19-13-5-6-15-11(9-13)7-8-17-16(15)18-12-3-4-14(10-12)20-2/h5-9,12,14H,3-4,10H2,1-2H3,(H,17,18). The summed E-state index contributed by atoms with van der Waals surface area (Å²) in [5, 5.41) is 5.83. The Kier molecular flexibility index (Phi) is 3.74. The smallest absolute Gasteiger partial charge is 0.134 e. The molecular formula is C16H20N2O2. The molecule has 0 radical (unpaired) electrons. The molecular weight excluding hydrogens is 252 g/mol. The molecule has 0 saturated heterocycles. The predicted octanol–water partition coefficient (Wildman–Crippen LogP) is 3.22. The number of hydrogen-bond acceptors (Lipinski definition) is 4. The van der Waals surface area contributed by atoms with E-state index in [2.05, 4.69) is 16.4 Å². The lowest BCUT2D eigenvalue weighted by molar-refractivity contribution is 0.108. The number of methoxy groups -OCH3 is 2. The fraction of sp³-hybridized carbons (Fsp3) is 0.438. The number of anilines is 1. The second-order valence-corrected chi connectivity index (χ2v) is 5.26. The van der Waals surface area contributed by atoms with Gasteiger partial charge in [0.1, 0.15) is 11.6 Å². The van der Waals surface area contributed by atoms with Gasteiger partial charge in [-0.05, 0) is 48.9 Å². The van der Waals surface area contributed by atoms with Crippen LogP contribution in [-0.4, -0.2) is 31.3 Å². The molecule has 3 rings (SSSR count). The summed E-state index contributed by atoms with van der Waals surface area (Å²) in [4.78, 5) is 4.48. The summed E-state index contributed by atoms with van der Waals surface area (Å²) in [6, 6.07) is 8.53. The molecule has 4 heteroatoms. The van der Waals surface area contributed by atoms with Crippen LogP contribution < -0.4 is 10.1 Å². The van der Waals surface area contributed by atoms with Crippen LogP contribution in [0.2, 0.25) is 0 Å². The van der Waals surface area contributed by atoms with Gasteiger partial charge in [-0.15, -0.1) is 0 Å². The second kappa shape index (κ2) is 5.67. The quantitative estimate of drug-likeness (QED) is 0.928. The molecule has 2 aromatic rings. The largest absolute Gasteiger partial charge is 0.497 e. The third-order valence-corrected chi connectivity index (χ3v) is 4.03. The average molecular weight is 272 g/mol. The number of pyridine rings is 1. The molecule has 2 atom stereocenters. The van der Waals surface area contributed by atoms with E-state index >= 15 is 0 Å². The molecule has 0 amide bonds. The summed E-state index contributed by atoms with van der Waals surface area (Å²) in [6.45, 7) is 0.